The van der Waals surface area contributed by atoms with Crippen LogP contribution in [0.25, 0.3) is 6.08 Å². The van der Waals surface area contributed by atoms with E-state index in [9.17, 15) is 14.9 Å². The molecule has 0 aromatic heterocycles. The molecule has 0 spiro atoms. The largest absolute Gasteiger partial charge is 0.490 e. The fourth-order valence-corrected chi connectivity index (χ4v) is 4.78. The molecule has 0 saturated carbocycles. The third kappa shape index (κ3) is 6.37. The summed E-state index contributed by atoms with van der Waals surface area (Å²) < 4.78 is 11.7. The SMILES string of the molecule is CCOc1cc(/C=C2/SC(=Nc3ccccc3)N(C(C)C)C2=O)ccc1OCc1ccc([N+](=O)[O-])cc1. The van der Waals surface area contributed by atoms with Crippen LogP contribution in [0, 0.1) is 10.1 Å². The summed E-state index contributed by atoms with van der Waals surface area (Å²) in [7, 11) is 0. The molecule has 1 aliphatic heterocycles. The molecule has 190 valence electrons. The first-order chi connectivity index (χ1) is 17.9. The summed E-state index contributed by atoms with van der Waals surface area (Å²) in [6.45, 7) is 6.49. The number of nitro benzene ring substituents is 1. The van der Waals surface area contributed by atoms with E-state index in [1.807, 2.05) is 69.3 Å². The molecule has 0 bridgehead atoms. The molecule has 9 heteroatoms. The monoisotopic (exact) mass is 517 g/mol. The number of thioether (sulfide) groups is 1. The van der Waals surface area contributed by atoms with Crippen molar-refractivity contribution in [3.8, 4) is 11.5 Å². The molecule has 4 rings (SSSR count). The van der Waals surface area contributed by atoms with Crippen LogP contribution in [0.5, 0.6) is 11.5 Å². The molecule has 0 unspecified atom stereocenters. The van der Waals surface area contributed by atoms with Crippen LogP contribution in [0.1, 0.15) is 31.9 Å². The van der Waals surface area contributed by atoms with Gasteiger partial charge in [0.2, 0.25) is 0 Å². The predicted molar refractivity (Wildman–Crippen MR) is 146 cm³/mol. The molecule has 37 heavy (non-hydrogen) atoms. The second-order valence-corrected chi connectivity index (χ2v) is 9.47. The van der Waals surface area contributed by atoms with Crippen molar-refractivity contribution in [1.29, 1.82) is 0 Å². The van der Waals surface area contributed by atoms with E-state index < -0.39 is 4.92 Å². The number of benzene rings is 3. The van der Waals surface area contributed by atoms with Crippen LogP contribution in [-0.2, 0) is 11.4 Å². The lowest BCUT2D eigenvalue weighted by molar-refractivity contribution is -0.384. The van der Waals surface area contributed by atoms with Gasteiger partial charge in [0, 0.05) is 18.2 Å². The van der Waals surface area contributed by atoms with Crippen LogP contribution in [0.2, 0.25) is 0 Å². The van der Waals surface area contributed by atoms with Crippen LogP contribution in [0.15, 0.2) is 82.7 Å². The summed E-state index contributed by atoms with van der Waals surface area (Å²) >= 11 is 1.35. The average molecular weight is 518 g/mol. The molecular formula is C28H27N3O5S. The number of ether oxygens (including phenoxy) is 2. The summed E-state index contributed by atoms with van der Waals surface area (Å²) in [6.07, 6.45) is 1.83. The Morgan fingerprint density at radius 1 is 1.03 bits per heavy atom. The molecule has 3 aromatic rings. The molecule has 0 N–H and O–H groups in total. The van der Waals surface area contributed by atoms with Crippen molar-refractivity contribution >= 4 is 40.3 Å². The number of nitro groups is 1. The molecule has 1 aliphatic rings. The highest BCUT2D eigenvalue weighted by molar-refractivity contribution is 8.18. The van der Waals surface area contributed by atoms with Crippen molar-refractivity contribution in [2.45, 2.75) is 33.4 Å². The van der Waals surface area contributed by atoms with Crippen LogP contribution in [0.4, 0.5) is 11.4 Å². The standard InChI is InChI=1S/C28H27N3O5S/c1-4-35-25-16-21(12-15-24(25)36-18-20-10-13-23(14-11-20)31(33)34)17-26-27(32)30(19(2)3)28(37-26)29-22-8-6-5-7-9-22/h5-17,19H,4,18H2,1-3H3/b26-17+,29-28?. The minimum Gasteiger partial charge on any atom is -0.490 e. The topological polar surface area (TPSA) is 94.3 Å². The maximum atomic E-state index is 13.2. The van der Waals surface area contributed by atoms with Gasteiger partial charge in [0.05, 0.1) is 22.1 Å². The first-order valence-electron chi connectivity index (χ1n) is 11.9. The number of hydrogen-bond acceptors (Lipinski definition) is 7. The number of carbonyl (C=O) groups excluding carboxylic acids is 1. The van der Waals surface area contributed by atoms with Crippen LogP contribution in [0.3, 0.4) is 0 Å². The van der Waals surface area contributed by atoms with Gasteiger partial charge in [-0.05, 0) is 86.1 Å². The highest BCUT2D eigenvalue weighted by atomic mass is 32.2. The first kappa shape index (κ1) is 26.0. The molecule has 1 amide bonds. The Morgan fingerprint density at radius 3 is 2.41 bits per heavy atom. The van der Waals surface area contributed by atoms with Gasteiger partial charge >= 0.3 is 0 Å². The number of para-hydroxylation sites is 1. The number of amidine groups is 1. The van der Waals surface area contributed by atoms with E-state index >= 15 is 0 Å². The van der Waals surface area contributed by atoms with E-state index in [-0.39, 0.29) is 24.2 Å². The fraction of sp³-hybridized carbons (Fsp3) is 0.214. The summed E-state index contributed by atoms with van der Waals surface area (Å²) in [5.74, 6) is 1.00. The molecule has 8 nitrogen and oxygen atoms in total. The Kier molecular flexibility index (Phi) is 8.25. The molecule has 3 aromatic carbocycles. The van der Waals surface area contributed by atoms with E-state index in [1.54, 1.807) is 23.1 Å². The molecule has 1 heterocycles. The fourth-order valence-electron chi connectivity index (χ4n) is 3.66. The van der Waals surface area contributed by atoms with Crippen molar-refractivity contribution < 1.29 is 19.2 Å². The number of amides is 1. The summed E-state index contributed by atoms with van der Waals surface area (Å²) in [5.41, 5.74) is 2.42. The number of non-ortho nitro benzene ring substituents is 1. The van der Waals surface area contributed by atoms with Crippen molar-refractivity contribution in [1.82, 2.24) is 4.90 Å². The third-order valence-corrected chi connectivity index (χ3v) is 6.42. The highest BCUT2D eigenvalue weighted by Gasteiger charge is 2.35. The molecule has 1 fully saturated rings. The molecular weight excluding hydrogens is 490 g/mol. The number of carbonyl (C=O) groups is 1. The molecule has 0 radical (unpaired) electrons. The van der Waals surface area contributed by atoms with Crippen molar-refractivity contribution in [2.24, 2.45) is 4.99 Å². The van der Waals surface area contributed by atoms with Crippen molar-refractivity contribution in [3.05, 3.63) is 98.9 Å². The Hall–Kier alpha value is -4.11. The van der Waals surface area contributed by atoms with Gasteiger partial charge in [0.25, 0.3) is 11.6 Å². The molecule has 0 aliphatic carbocycles. The highest BCUT2D eigenvalue weighted by Crippen LogP contribution is 2.37. The predicted octanol–water partition coefficient (Wildman–Crippen LogP) is 6.58. The number of aliphatic imine (C=N–C) groups is 1. The van der Waals surface area contributed by atoms with Gasteiger partial charge in [-0.1, -0.05) is 24.3 Å². The number of hydrogen-bond donors (Lipinski definition) is 0. The van der Waals surface area contributed by atoms with Gasteiger partial charge in [-0.3, -0.25) is 19.8 Å². The quantitative estimate of drug-likeness (QED) is 0.181. The zero-order valence-electron chi connectivity index (χ0n) is 20.8. The minimum atomic E-state index is -0.435. The van der Waals surface area contributed by atoms with Gasteiger partial charge in [-0.15, -0.1) is 0 Å². The van der Waals surface area contributed by atoms with Crippen LogP contribution >= 0.6 is 11.8 Å². The summed E-state index contributed by atoms with van der Waals surface area (Å²) in [6, 6.07) is 21.2. The van der Waals surface area contributed by atoms with Gasteiger partial charge in [0.15, 0.2) is 16.7 Å². The van der Waals surface area contributed by atoms with Gasteiger partial charge < -0.3 is 9.47 Å². The Labute approximate surface area is 219 Å². The zero-order valence-corrected chi connectivity index (χ0v) is 21.6. The second kappa shape index (κ2) is 11.7. The van der Waals surface area contributed by atoms with Gasteiger partial charge in [0.1, 0.15) is 6.61 Å². The minimum absolute atomic E-state index is 0.0310. The maximum absolute atomic E-state index is 13.2. The average Bonchev–Trinajstić information content (AvgIpc) is 3.19. The normalized spacial score (nSPS) is 15.6. The smallest absolute Gasteiger partial charge is 0.269 e. The lowest BCUT2D eigenvalue weighted by Crippen LogP contribution is -2.35. The Bertz CT molecular complexity index is 1340. The molecule has 0 atom stereocenters. The van der Waals surface area contributed by atoms with Gasteiger partial charge in [-0.2, -0.15) is 0 Å². The van der Waals surface area contributed by atoms with Crippen LogP contribution in [-0.4, -0.2) is 33.5 Å². The van der Waals surface area contributed by atoms with E-state index in [1.165, 1.54) is 23.9 Å². The van der Waals surface area contributed by atoms with E-state index in [0.717, 1.165) is 16.8 Å². The zero-order chi connectivity index (χ0) is 26.4. The van der Waals surface area contributed by atoms with Crippen molar-refractivity contribution in [2.75, 3.05) is 6.61 Å². The second-order valence-electron chi connectivity index (χ2n) is 8.46. The van der Waals surface area contributed by atoms with E-state index in [2.05, 4.69) is 0 Å². The lowest BCUT2D eigenvalue weighted by atomic mass is 10.1. The maximum Gasteiger partial charge on any atom is 0.269 e. The molecule has 1 saturated heterocycles. The van der Waals surface area contributed by atoms with E-state index in [0.29, 0.717) is 28.2 Å². The van der Waals surface area contributed by atoms with Crippen LogP contribution < -0.4 is 9.47 Å². The summed E-state index contributed by atoms with van der Waals surface area (Å²) in [4.78, 5) is 30.6. The third-order valence-electron chi connectivity index (χ3n) is 5.44. The van der Waals surface area contributed by atoms with Crippen molar-refractivity contribution in [3.63, 3.8) is 0 Å². The lowest BCUT2D eigenvalue weighted by Gasteiger charge is -2.19. The van der Waals surface area contributed by atoms with E-state index in [4.69, 9.17) is 14.5 Å². The summed E-state index contributed by atoms with van der Waals surface area (Å²) in [5, 5.41) is 11.5. The Morgan fingerprint density at radius 2 is 1.76 bits per heavy atom. The Balaban J connectivity index is 1.55. The van der Waals surface area contributed by atoms with Gasteiger partial charge in [-0.25, -0.2) is 4.99 Å². The first-order valence-corrected chi connectivity index (χ1v) is 12.7. The number of nitrogens with zero attached hydrogens (tertiary/aromatic N) is 3. The number of rotatable bonds is 9.